The van der Waals surface area contributed by atoms with E-state index in [1.807, 2.05) is 28.8 Å². The van der Waals surface area contributed by atoms with E-state index in [9.17, 15) is 4.79 Å². The van der Waals surface area contributed by atoms with Crippen molar-refractivity contribution in [3.8, 4) is 0 Å². The summed E-state index contributed by atoms with van der Waals surface area (Å²) in [5.41, 5.74) is 2.38. The number of hydrogen-bond donors (Lipinski definition) is 1. The highest BCUT2D eigenvalue weighted by Crippen LogP contribution is 2.26. The van der Waals surface area contributed by atoms with E-state index >= 15 is 0 Å². The largest absolute Gasteiger partial charge is 0.373 e. The Hall–Kier alpha value is -1.16. The highest BCUT2D eigenvalue weighted by atomic mass is 32.2. The van der Waals surface area contributed by atoms with E-state index in [0.717, 1.165) is 36.7 Å². The summed E-state index contributed by atoms with van der Waals surface area (Å²) in [5.74, 6) is 2.41. The monoisotopic (exact) mass is 248 g/mol. The lowest BCUT2D eigenvalue weighted by Gasteiger charge is -2.28. The molecule has 2 heterocycles. The lowest BCUT2D eigenvalue weighted by atomic mass is 10.1. The topological polar surface area (TPSA) is 32.3 Å². The normalized spacial score (nSPS) is 23.1. The van der Waals surface area contributed by atoms with Crippen LogP contribution in [0.4, 0.5) is 5.69 Å². The minimum absolute atomic E-state index is 0.0458. The molecule has 0 saturated carbocycles. The van der Waals surface area contributed by atoms with Crippen molar-refractivity contribution in [2.45, 2.75) is 12.5 Å². The number of fused-ring (bicyclic) bond motifs is 1. The van der Waals surface area contributed by atoms with Gasteiger partial charge in [0.05, 0.1) is 0 Å². The molecule has 0 unspecified atom stereocenters. The number of nitrogens with one attached hydrogen (secondary N) is 1. The van der Waals surface area contributed by atoms with E-state index in [1.54, 1.807) is 0 Å². The molecule has 3 nitrogen and oxygen atoms in total. The van der Waals surface area contributed by atoms with Crippen molar-refractivity contribution in [3.05, 3.63) is 29.8 Å². The number of rotatable bonds is 1. The Kier molecular flexibility index (Phi) is 2.97. The van der Waals surface area contributed by atoms with Crippen LogP contribution in [-0.2, 0) is 11.2 Å². The summed E-state index contributed by atoms with van der Waals surface area (Å²) in [6.45, 7) is 1.80. The van der Waals surface area contributed by atoms with Crippen LogP contribution < -0.4 is 5.32 Å². The van der Waals surface area contributed by atoms with Crippen molar-refractivity contribution in [3.63, 3.8) is 0 Å². The lowest BCUT2D eigenvalue weighted by Crippen LogP contribution is -2.45. The fraction of sp³-hybridized carbons (Fsp3) is 0.462. The molecular formula is C13H16N2OS. The minimum Gasteiger partial charge on any atom is -0.373 e. The van der Waals surface area contributed by atoms with Crippen LogP contribution in [0.25, 0.3) is 0 Å². The summed E-state index contributed by atoms with van der Waals surface area (Å²) in [7, 11) is 0. The van der Waals surface area contributed by atoms with Gasteiger partial charge in [-0.1, -0.05) is 18.2 Å². The number of para-hydroxylation sites is 1. The van der Waals surface area contributed by atoms with Crippen LogP contribution in [0, 0.1) is 0 Å². The van der Waals surface area contributed by atoms with Gasteiger partial charge in [-0.3, -0.25) is 4.79 Å². The van der Waals surface area contributed by atoms with E-state index in [0.29, 0.717) is 0 Å². The average molecular weight is 248 g/mol. The Morgan fingerprint density at radius 3 is 2.82 bits per heavy atom. The van der Waals surface area contributed by atoms with Gasteiger partial charge in [0.25, 0.3) is 0 Å². The second-order valence-corrected chi connectivity index (χ2v) is 5.72. The van der Waals surface area contributed by atoms with Crippen LogP contribution >= 0.6 is 11.8 Å². The highest BCUT2D eigenvalue weighted by Gasteiger charge is 2.30. The molecule has 1 atom stereocenters. The predicted molar refractivity (Wildman–Crippen MR) is 71.5 cm³/mol. The molecule has 1 aromatic rings. The summed E-state index contributed by atoms with van der Waals surface area (Å²) in [4.78, 5) is 14.3. The fourth-order valence-electron chi connectivity index (χ4n) is 2.45. The lowest BCUT2D eigenvalue weighted by molar-refractivity contribution is -0.131. The van der Waals surface area contributed by atoms with Crippen molar-refractivity contribution in [1.82, 2.24) is 4.90 Å². The molecule has 2 aliphatic rings. The van der Waals surface area contributed by atoms with Gasteiger partial charge in [0.1, 0.15) is 6.04 Å². The number of benzene rings is 1. The van der Waals surface area contributed by atoms with Gasteiger partial charge in [0.2, 0.25) is 5.91 Å². The van der Waals surface area contributed by atoms with E-state index in [-0.39, 0.29) is 11.9 Å². The van der Waals surface area contributed by atoms with E-state index in [2.05, 4.69) is 17.4 Å². The molecule has 1 amide bonds. The molecule has 0 aliphatic carbocycles. The molecule has 1 N–H and O–H groups in total. The maximum absolute atomic E-state index is 12.3. The van der Waals surface area contributed by atoms with Crippen LogP contribution in [0.5, 0.6) is 0 Å². The summed E-state index contributed by atoms with van der Waals surface area (Å²) < 4.78 is 0. The summed E-state index contributed by atoms with van der Waals surface area (Å²) in [5, 5.41) is 3.33. The number of nitrogens with zero attached hydrogens (tertiary/aromatic N) is 1. The van der Waals surface area contributed by atoms with Gasteiger partial charge >= 0.3 is 0 Å². The summed E-state index contributed by atoms with van der Waals surface area (Å²) in [6.07, 6.45) is 0.832. The van der Waals surface area contributed by atoms with Crippen LogP contribution in [0.15, 0.2) is 24.3 Å². The first kappa shape index (κ1) is 11.0. The Bertz CT molecular complexity index is 404. The van der Waals surface area contributed by atoms with Crippen molar-refractivity contribution in [2.75, 3.05) is 29.9 Å². The van der Waals surface area contributed by atoms with E-state index in [1.165, 1.54) is 5.56 Å². The zero-order valence-electron chi connectivity index (χ0n) is 9.69. The Morgan fingerprint density at radius 1 is 1.29 bits per heavy atom. The molecule has 3 rings (SSSR count). The second kappa shape index (κ2) is 4.61. The first-order valence-electron chi connectivity index (χ1n) is 6.05. The van der Waals surface area contributed by atoms with Gasteiger partial charge in [-0.15, -0.1) is 0 Å². The zero-order valence-corrected chi connectivity index (χ0v) is 10.5. The van der Waals surface area contributed by atoms with Gasteiger partial charge < -0.3 is 10.2 Å². The number of amides is 1. The van der Waals surface area contributed by atoms with Gasteiger partial charge in [-0.05, 0) is 11.6 Å². The van der Waals surface area contributed by atoms with E-state index < -0.39 is 0 Å². The minimum atomic E-state index is -0.0458. The SMILES string of the molecule is O=C([C@@H]1Cc2ccccc2N1)N1CCSCC1. The third-order valence-corrected chi connectivity index (χ3v) is 4.33. The number of carbonyl (C=O) groups is 1. The predicted octanol–water partition coefficient (Wildman–Crippen LogP) is 1.60. The molecule has 90 valence electrons. The maximum Gasteiger partial charge on any atom is 0.245 e. The maximum atomic E-state index is 12.3. The molecule has 0 radical (unpaired) electrons. The quantitative estimate of drug-likeness (QED) is 0.819. The van der Waals surface area contributed by atoms with E-state index in [4.69, 9.17) is 0 Å². The third kappa shape index (κ3) is 2.14. The number of carbonyl (C=O) groups excluding carboxylic acids is 1. The molecule has 2 aliphatic heterocycles. The molecule has 17 heavy (non-hydrogen) atoms. The fourth-order valence-corrected chi connectivity index (χ4v) is 3.35. The third-order valence-electron chi connectivity index (χ3n) is 3.39. The average Bonchev–Trinajstić information content (AvgIpc) is 2.82. The molecule has 0 spiro atoms. The van der Waals surface area contributed by atoms with Crippen molar-refractivity contribution < 1.29 is 4.79 Å². The number of anilines is 1. The smallest absolute Gasteiger partial charge is 0.245 e. The van der Waals surface area contributed by atoms with Crippen LogP contribution in [0.2, 0.25) is 0 Å². The van der Waals surface area contributed by atoms with Gasteiger partial charge in [0, 0.05) is 36.7 Å². The molecule has 1 saturated heterocycles. The van der Waals surface area contributed by atoms with Gasteiger partial charge in [0.15, 0.2) is 0 Å². The first-order chi connectivity index (χ1) is 8.34. The summed E-state index contributed by atoms with van der Waals surface area (Å²) >= 11 is 1.93. The Balaban J connectivity index is 1.69. The first-order valence-corrected chi connectivity index (χ1v) is 7.21. The highest BCUT2D eigenvalue weighted by molar-refractivity contribution is 7.99. The van der Waals surface area contributed by atoms with Gasteiger partial charge in [-0.25, -0.2) is 0 Å². The molecular weight excluding hydrogens is 232 g/mol. The van der Waals surface area contributed by atoms with Crippen molar-refractivity contribution in [2.24, 2.45) is 0 Å². The van der Waals surface area contributed by atoms with Crippen molar-refractivity contribution in [1.29, 1.82) is 0 Å². The Morgan fingerprint density at radius 2 is 2.06 bits per heavy atom. The Labute approximate surface area is 106 Å². The van der Waals surface area contributed by atoms with Crippen LogP contribution in [-0.4, -0.2) is 41.4 Å². The van der Waals surface area contributed by atoms with Crippen LogP contribution in [0.3, 0.4) is 0 Å². The van der Waals surface area contributed by atoms with Gasteiger partial charge in [-0.2, -0.15) is 11.8 Å². The molecule has 1 fully saturated rings. The molecule has 0 bridgehead atoms. The summed E-state index contributed by atoms with van der Waals surface area (Å²) in [6, 6.07) is 8.15. The molecule has 4 heteroatoms. The molecule has 0 aromatic heterocycles. The van der Waals surface area contributed by atoms with Crippen molar-refractivity contribution >= 4 is 23.4 Å². The standard InChI is InChI=1S/C13H16N2OS/c16-13(15-5-7-17-8-6-15)12-9-10-3-1-2-4-11(10)14-12/h1-4,12,14H,5-9H2/t12-/m0/s1. The number of thioether (sulfide) groups is 1. The molecule has 1 aromatic carbocycles. The second-order valence-electron chi connectivity index (χ2n) is 4.50. The number of hydrogen-bond acceptors (Lipinski definition) is 3. The zero-order chi connectivity index (χ0) is 11.7. The van der Waals surface area contributed by atoms with Crippen LogP contribution in [0.1, 0.15) is 5.56 Å².